The van der Waals surface area contributed by atoms with Gasteiger partial charge in [0.1, 0.15) is 6.04 Å². The third kappa shape index (κ3) is 5.90. The van der Waals surface area contributed by atoms with Gasteiger partial charge in [-0.3, -0.25) is 19.4 Å². The number of nitrogens with two attached hydrogens (primary N) is 1. The number of H-pyrrole nitrogens is 1. The van der Waals surface area contributed by atoms with Gasteiger partial charge in [-0.15, -0.1) is 0 Å². The van der Waals surface area contributed by atoms with Gasteiger partial charge in [-0.2, -0.15) is 0 Å². The van der Waals surface area contributed by atoms with E-state index in [9.17, 15) is 14.4 Å². The molecule has 0 spiro atoms. The highest BCUT2D eigenvalue weighted by molar-refractivity contribution is 5.93. The van der Waals surface area contributed by atoms with Crippen molar-refractivity contribution in [2.24, 2.45) is 11.1 Å². The number of hydrazine groups is 1. The molecular weight excluding hydrogens is 456 g/mol. The lowest BCUT2D eigenvalue weighted by atomic mass is 9.75. The second kappa shape index (κ2) is 11.0. The summed E-state index contributed by atoms with van der Waals surface area (Å²) < 4.78 is 0. The minimum atomic E-state index is -1.13. The van der Waals surface area contributed by atoms with Gasteiger partial charge in [-0.05, 0) is 44.7 Å². The predicted octanol–water partition coefficient (Wildman–Crippen LogP) is 2.28. The van der Waals surface area contributed by atoms with Crippen molar-refractivity contribution in [3.63, 3.8) is 0 Å². The second-order valence-electron chi connectivity index (χ2n) is 10.9. The SMILES string of the molecule is CCCC1(C(=O)N(C)N(C)C)CCCN(C(=O)[C@@H](Cc2c[nH]c3ccccc23)NC(=O)C(C)(C)N)C1. The van der Waals surface area contributed by atoms with Gasteiger partial charge in [0.05, 0.1) is 11.0 Å². The topological polar surface area (TPSA) is 115 Å². The number of piperidine rings is 1. The first-order valence-electron chi connectivity index (χ1n) is 12.8. The molecule has 1 aliphatic rings. The summed E-state index contributed by atoms with van der Waals surface area (Å²) in [6.07, 6.45) is 5.21. The zero-order valence-electron chi connectivity index (χ0n) is 22.6. The Bertz CT molecular complexity index is 1080. The number of aromatic amines is 1. The van der Waals surface area contributed by atoms with E-state index in [0.717, 1.165) is 35.7 Å². The van der Waals surface area contributed by atoms with Crippen LogP contribution in [0.4, 0.5) is 0 Å². The molecule has 3 rings (SSSR count). The predicted molar refractivity (Wildman–Crippen MR) is 142 cm³/mol. The van der Waals surface area contributed by atoms with Gasteiger partial charge in [0.25, 0.3) is 0 Å². The van der Waals surface area contributed by atoms with Crippen molar-refractivity contribution in [3.05, 3.63) is 36.0 Å². The van der Waals surface area contributed by atoms with Crippen LogP contribution >= 0.6 is 0 Å². The van der Waals surface area contributed by atoms with E-state index < -0.39 is 17.0 Å². The van der Waals surface area contributed by atoms with Crippen LogP contribution in [-0.2, 0) is 20.8 Å². The standard InChI is InChI=1S/C27H42N6O3/c1-7-13-27(25(36)32(6)31(4)5)14-10-15-33(18-27)23(34)22(30-24(35)26(2,3)28)16-19-17-29-21-12-9-8-11-20(19)21/h8-9,11-12,17,22,29H,7,10,13-16,18,28H2,1-6H3,(H,30,35)/t22-,27?/m1/s1. The number of benzene rings is 1. The Morgan fingerprint density at radius 2 is 1.92 bits per heavy atom. The van der Waals surface area contributed by atoms with Gasteiger partial charge in [0.15, 0.2) is 0 Å². The number of hydrogen-bond acceptors (Lipinski definition) is 5. The summed E-state index contributed by atoms with van der Waals surface area (Å²) in [6.45, 7) is 6.20. The van der Waals surface area contributed by atoms with Crippen LogP contribution in [0, 0.1) is 5.41 Å². The van der Waals surface area contributed by atoms with Crippen LogP contribution in [0.15, 0.2) is 30.5 Å². The summed E-state index contributed by atoms with van der Waals surface area (Å²) in [6, 6.07) is 7.09. The highest BCUT2D eigenvalue weighted by Crippen LogP contribution is 2.37. The van der Waals surface area contributed by atoms with Crippen LogP contribution in [0.1, 0.15) is 52.0 Å². The third-order valence-electron chi connectivity index (χ3n) is 7.25. The zero-order valence-corrected chi connectivity index (χ0v) is 22.6. The minimum Gasteiger partial charge on any atom is -0.361 e. The van der Waals surface area contributed by atoms with E-state index in [1.807, 2.05) is 44.6 Å². The summed E-state index contributed by atoms with van der Waals surface area (Å²) in [5, 5.41) is 7.32. The molecule has 3 amide bonds. The molecule has 4 N–H and O–H groups in total. The highest BCUT2D eigenvalue weighted by atomic mass is 16.2. The van der Waals surface area contributed by atoms with Crippen molar-refractivity contribution in [2.75, 3.05) is 34.2 Å². The van der Waals surface area contributed by atoms with E-state index in [0.29, 0.717) is 25.9 Å². The highest BCUT2D eigenvalue weighted by Gasteiger charge is 2.45. The molecule has 9 nitrogen and oxygen atoms in total. The molecule has 1 saturated heterocycles. The number of aromatic nitrogens is 1. The molecule has 1 aromatic carbocycles. The van der Waals surface area contributed by atoms with Crippen molar-refractivity contribution < 1.29 is 14.4 Å². The van der Waals surface area contributed by atoms with Crippen molar-refractivity contribution >= 4 is 28.6 Å². The summed E-state index contributed by atoms with van der Waals surface area (Å²) in [7, 11) is 5.44. The van der Waals surface area contributed by atoms with Crippen LogP contribution < -0.4 is 11.1 Å². The molecule has 2 heterocycles. The third-order valence-corrected chi connectivity index (χ3v) is 7.25. The fourth-order valence-corrected chi connectivity index (χ4v) is 5.09. The molecule has 1 unspecified atom stereocenters. The Morgan fingerprint density at radius 3 is 2.56 bits per heavy atom. The van der Waals surface area contributed by atoms with Gasteiger partial charge in [0, 0.05) is 57.8 Å². The van der Waals surface area contributed by atoms with Crippen LogP contribution in [0.25, 0.3) is 10.9 Å². The fourth-order valence-electron chi connectivity index (χ4n) is 5.09. The maximum absolute atomic E-state index is 14.0. The number of para-hydroxylation sites is 1. The molecule has 2 aromatic rings. The number of carbonyl (C=O) groups excluding carboxylic acids is 3. The van der Waals surface area contributed by atoms with Crippen LogP contribution in [0.3, 0.4) is 0 Å². The number of nitrogens with one attached hydrogen (secondary N) is 2. The molecule has 0 bridgehead atoms. The van der Waals surface area contributed by atoms with Crippen molar-refractivity contribution in [3.8, 4) is 0 Å². The molecule has 9 heteroatoms. The molecule has 1 aromatic heterocycles. The molecule has 0 saturated carbocycles. The maximum Gasteiger partial charge on any atom is 0.245 e. The molecule has 1 fully saturated rings. The van der Waals surface area contributed by atoms with E-state index in [1.165, 1.54) is 0 Å². The number of amides is 3. The van der Waals surface area contributed by atoms with Crippen LogP contribution in [0.5, 0.6) is 0 Å². The van der Waals surface area contributed by atoms with Crippen LogP contribution in [-0.4, -0.2) is 83.4 Å². The van der Waals surface area contributed by atoms with E-state index >= 15 is 0 Å². The van der Waals surface area contributed by atoms with E-state index in [1.54, 1.807) is 35.8 Å². The largest absolute Gasteiger partial charge is 0.361 e. The molecule has 36 heavy (non-hydrogen) atoms. The van der Waals surface area contributed by atoms with Crippen molar-refractivity contribution in [1.82, 2.24) is 25.2 Å². The van der Waals surface area contributed by atoms with E-state index in [-0.39, 0.29) is 17.7 Å². The summed E-state index contributed by atoms with van der Waals surface area (Å²) >= 11 is 0. The lowest BCUT2D eigenvalue weighted by Gasteiger charge is -2.45. The Morgan fingerprint density at radius 1 is 1.22 bits per heavy atom. The summed E-state index contributed by atoms with van der Waals surface area (Å²) in [5.74, 6) is -0.550. The Balaban J connectivity index is 1.91. The second-order valence-corrected chi connectivity index (χ2v) is 10.9. The molecule has 0 aliphatic carbocycles. The normalized spacial score (nSPS) is 19.4. The number of hydrogen-bond donors (Lipinski definition) is 3. The lowest BCUT2D eigenvalue weighted by Crippen LogP contribution is -2.60. The Kier molecular flexibility index (Phi) is 8.46. The monoisotopic (exact) mass is 498 g/mol. The van der Waals surface area contributed by atoms with E-state index in [4.69, 9.17) is 5.73 Å². The van der Waals surface area contributed by atoms with E-state index in [2.05, 4.69) is 17.2 Å². The average Bonchev–Trinajstić information content (AvgIpc) is 3.24. The number of likely N-dealkylation sites (tertiary alicyclic amines) is 1. The zero-order chi connectivity index (χ0) is 26.7. The van der Waals surface area contributed by atoms with Crippen molar-refractivity contribution in [1.29, 1.82) is 0 Å². The van der Waals surface area contributed by atoms with Gasteiger partial charge < -0.3 is 20.9 Å². The Hall–Kier alpha value is -2.91. The first-order chi connectivity index (χ1) is 16.9. The van der Waals surface area contributed by atoms with Gasteiger partial charge in [-0.25, -0.2) is 5.01 Å². The number of fused-ring (bicyclic) bond motifs is 1. The minimum absolute atomic E-state index is 0.0205. The smallest absolute Gasteiger partial charge is 0.245 e. The molecule has 1 aliphatic heterocycles. The molecule has 2 atom stereocenters. The first-order valence-corrected chi connectivity index (χ1v) is 12.8. The molecular formula is C27H42N6O3. The fraction of sp³-hybridized carbons (Fsp3) is 0.593. The molecule has 198 valence electrons. The Labute approximate surface area is 214 Å². The number of rotatable bonds is 9. The van der Waals surface area contributed by atoms with Gasteiger partial charge >= 0.3 is 0 Å². The summed E-state index contributed by atoms with van der Waals surface area (Å²) in [4.78, 5) is 45.4. The lowest BCUT2D eigenvalue weighted by molar-refractivity contribution is -0.160. The summed E-state index contributed by atoms with van der Waals surface area (Å²) in [5.41, 5.74) is 6.20. The number of nitrogens with zero attached hydrogens (tertiary/aromatic N) is 3. The maximum atomic E-state index is 14.0. The van der Waals surface area contributed by atoms with Crippen molar-refractivity contribution in [2.45, 2.75) is 64.5 Å². The van der Waals surface area contributed by atoms with Crippen LogP contribution in [0.2, 0.25) is 0 Å². The first kappa shape index (κ1) is 27.7. The average molecular weight is 499 g/mol. The molecule has 0 radical (unpaired) electrons. The quantitative estimate of drug-likeness (QED) is 0.459. The number of carbonyl (C=O) groups is 3. The van der Waals surface area contributed by atoms with Gasteiger partial charge in [-0.1, -0.05) is 31.5 Å². The van der Waals surface area contributed by atoms with Gasteiger partial charge in [0.2, 0.25) is 17.7 Å².